The number of rotatable bonds is 6. The molecule has 136 valence electrons. The molecule has 0 aliphatic heterocycles. The van der Waals surface area contributed by atoms with E-state index in [9.17, 15) is 4.79 Å². The molecule has 0 spiro atoms. The Hall–Kier alpha value is -2.42. The lowest BCUT2D eigenvalue weighted by Crippen LogP contribution is -2.13. The van der Waals surface area contributed by atoms with Gasteiger partial charge >= 0.3 is 0 Å². The van der Waals surface area contributed by atoms with Crippen molar-refractivity contribution >= 4 is 46.2 Å². The van der Waals surface area contributed by atoms with Gasteiger partial charge in [0.15, 0.2) is 5.82 Å². The van der Waals surface area contributed by atoms with Crippen LogP contribution in [0.5, 0.6) is 0 Å². The van der Waals surface area contributed by atoms with E-state index in [0.29, 0.717) is 11.4 Å². The summed E-state index contributed by atoms with van der Waals surface area (Å²) in [5.74, 6) is 1.08. The van der Waals surface area contributed by atoms with Crippen molar-refractivity contribution in [3.05, 3.63) is 69.5 Å². The Bertz CT molecular complexity index is 1050. The number of H-pyrrole nitrogens is 1. The van der Waals surface area contributed by atoms with Crippen molar-refractivity contribution in [2.45, 2.75) is 17.6 Å². The molecule has 0 saturated heterocycles. The Morgan fingerprint density at radius 1 is 1.26 bits per heavy atom. The number of thiazole rings is 1. The molecule has 3 aromatic heterocycles. The lowest BCUT2D eigenvalue weighted by molar-refractivity contribution is 0.102. The predicted molar refractivity (Wildman–Crippen MR) is 113 cm³/mol. The summed E-state index contributed by atoms with van der Waals surface area (Å²) < 4.78 is 0. The van der Waals surface area contributed by atoms with Crippen LogP contribution in [0, 0.1) is 6.92 Å². The second-order valence-electron chi connectivity index (χ2n) is 5.80. The first-order valence-corrected chi connectivity index (χ1v) is 11.0. The molecule has 0 saturated carbocycles. The Labute approximate surface area is 168 Å². The van der Waals surface area contributed by atoms with E-state index in [2.05, 4.69) is 33.5 Å². The summed E-state index contributed by atoms with van der Waals surface area (Å²) in [4.78, 5) is 20.3. The van der Waals surface area contributed by atoms with Crippen LogP contribution < -0.4 is 5.32 Å². The van der Waals surface area contributed by atoms with Crippen LogP contribution in [0.2, 0.25) is 0 Å². The molecule has 2 N–H and O–H groups in total. The monoisotopic (exact) mass is 412 g/mol. The van der Waals surface area contributed by atoms with Gasteiger partial charge in [0.05, 0.1) is 27.3 Å². The number of aryl methyl sites for hydroxylation is 1. The average molecular weight is 413 g/mol. The standard InChI is InChI=1S/C19H16N4OS3/c1-12-6-7-17(27-12)15-8-18(23-22-15)21-19(24)14-4-2-3-5-16(14)26-10-13-9-25-11-20-13/h2-9,11H,10H2,1H3,(H2,21,22,23,24). The van der Waals surface area contributed by atoms with Crippen molar-refractivity contribution in [2.75, 3.05) is 5.32 Å². The Kier molecular flexibility index (Phi) is 5.38. The molecular weight excluding hydrogens is 396 g/mol. The van der Waals surface area contributed by atoms with Crippen molar-refractivity contribution in [1.82, 2.24) is 15.2 Å². The molecule has 0 unspecified atom stereocenters. The summed E-state index contributed by atoms with van der Waals surface area (Å²) in [6, 6.07) is 13.6. The smallest absolute Gasteiger partial charge is 0.257 e. The highest BCUT2D eigenvalue weighted by Gasteiger charge is 2.14. The number of amides is 1. The molecule has 4 rings (SSSR count). The van der Waals surface area contributed by atoms with E-state index >= 15 is 0 Å². The van der Waals surface area contributed by atoms with Gasteiger partial charge in [-0.1, -0.05) is 12.1 Å². The molecule has 27 heavy (non-hydrogen) atoms. The van der Waals surface area contributed by atoms with Gasteiger partial charge in [0.2, 0.25) is 0 Å². The third kappa shape index (κ3) is 4.29. The van der Waals surface area contributed by atoms with E-state index in [1.807, 2.05) is 47.3 Å². The minimum Gasteiger partial charge on any atom is -0.305 e. The number of carbonyl (C=O) groups is 1. The van der Waals surface area contributed by atoms with Crippen LogP contribution in [0.4, 0.5) is 5.82 Å². The normalized spacial score (nSPS) is 10.9. The average Bonchev–Trinajstić information content (AvgIpc) is 3.42. The zero-order valence-electron chi connectivity index (χ0n) is 14.4. The van der Waals surface area contributed by atoms with Gasteiger partial charge in [-0.05, 0) is 31.2 Å². The first-order chi connectivity index (χ1) is 13.2. The van der Waals surface area contributed by atoms with Gasteiger partial charge in [0.25, 0.3) is 5.91 Å². The van der Waals surface area contributed by atoms with Crippen LogP contribution in [0.3, 0.4) is 0 Å². The number of aromatic amines is 1. The molecule has 3 heterocycles. The summed E-state index contributed by atoms with van der Waals surface area (Å²) >= 11 is 4.86. The lowest BCUT2D eigenvalue weighted by atomic mass is 10.2. The number of thiophene rings is 1. The quantitative estimate of drug-likeness (QED) is 0.413. The first-order valence-electron chi connectivity index (χ1n) is 8.21. The van der Waals surface area contributed by atoms with Crippen LogP contribution in [0.15, 0.2) is 58.3 Å². The lowest BCUT2D eigenvalue weighted by Gasteiger charge is -2.08. The summed E-state index contributed by atoms with van der Waals surface area (Å²) in [6.07, 6.45) is 0. The zero-order chi connectivity index (χ0) is 18.6. The molecule has 0 fully saturated rings. The van der Waals surface area contributed by atoms with Crippen LogP contribution in [0.25, 0.3) is 10.6 Å². The molecular formula is C19H16N4OS3. The van der Waals surface area contributed by atoms with Crippen molar-refractivity contribution in [2.24, 2.45) is 0 Å². The topological polar surface area (TPSA) is 70.7 Å². The Morgan fingerprint density at radius 3 is 2.93 bits per heavy atom. The minimum absolute atomic E-state index is 0.170. The number of anilines is 1. The number of hydrogen-bond acceptors (Lipinski definition) is 6. The number of nitrogens with zero attached hydrogens (tertiary/aromatic N) is 2. The van der Waals surface area contributed by atoms with Crippen LogP contribution in [-0.2, 0) is 5.75 Å². The van der Waals surface area contributed by atoms with Crippen molar-refractivity contribution < 1.29 is 4.79 Å². The maximum absolute atomic E-state index is 12.8. The SMILES string of the molecule is Cc1ccc(-c2cc(NC(=O)c3ccccc3SCc3cscn3)n[nH]2)s1. The van der Waals surface area contributed by atoms with E-state index in [0.717, 1.165) is 26.9 Å². The maximum Gasteiger partial charge on any atom is 0.257 e. The van der Waals surface area contributed by atoms with Crippen LogP contribution in [-0.4, -0.2) is 21.1 Å². The van der Waals surface area contributed by atoms with Gasteiger partial charge in [0, 0.05) is 27.0 Å². The molecule has 4 aromatic rings. The highest BCUT2D eigenvalue weighted by molar-refractivity contribution is 7.98. The molecule has 1 amide bonds. The predicted octanol–water partition coefficient (Wildman–Crippen LogP) is 5.45. The van der Waals surface area contributed by atoms with Crippen molar-refractivity contribution in [3.63, 3.8) is 0 Å². The minimum atomic E-state index is -0.170. The molecule has 8 heteroatoms. The fourth-order valence-electron chi connectivity index (χ4n) is 2.52. The molecule has 0 aliphatic rings. The van der Waals surface area contributed by atoms with Gasteiger partial charge in [-0.2, -0.15) is 5.10 Å². The molecule has 1 aromatic carbocycles. The van der Waals surface area contributed by atoms with E-state index in [1.165, 1.54) is 4.88 Å². The molecule has 0 aliphatic carbocycles. The van der Waals surface area contributed by atoms with E-state index in [4.69, 9.17) is 0 Å². The van der Waals surface area contributed by atoms with Crippen molar-refractivity contribution in [3.8, 4) is 10.6 Å². The van der Waals surface area contributed by atoms with Crippen LogP contribution in [0.1, 0.15) is 20.9 Å². The van der Waals surface area contributed by atoms with Gasteiger partial charge in [0.1, 0.15) is 0 Å². The Balaban J connectivity index is 1.48. The first kappa shape index (κ1) is 18.0. The number of carbonyl (C=O) groups excluding carboxylic acids is 1. The summed E-state index contributed by atoms with van der Waals surface area (Å²) in [7, 11) is 0. The second kappa shape index (κ2) is 8.08. The highest BCUT2D eigenvalue weighted by atomic mass is 32.2. The number of hydrogen-bond donors (Lipinski definition) is 2. The van der Waals surface area contributed by atoms with Gasteiger partial charge in [-0.15, -0.1) is 34.4 Å². The fourth-order valence-corrected chi connectivity index (χ4v) is 4.97. The van der Waals surface area contributed by atoms with E-state index in [1.54, 1.807) is 34.4 Å². The number of thioether (sulfide) groups is 1. The van der Waals surface area contributed by atoms with Crippen LogP contribution >= 0.6 is 34.4 Å². The summed E-state index contributed by atoms with van der Waals surface area (Å²) in [6.45, 7) is 2.06. The summed E-state index contributed by atoms with van der Waals surface area (Å²) in [5, 5.41) is 12.1. The second-order valence-corrected chi connectivity index (χ2v) is 8.82. The molecule has 0 radical (unpaired) electrons. The van der Waals surface area contributed by atoms with E-state index in [-0.39, 0.29) is 5.91 Å². The van der Waals surface area contributed by atoms with Gasteiger partial charge in [-0.3, -0.25) is 9.89 Å². The third-order valence-corrected chi connectivity index (χ3v) is 6.59. The Morgan fingerprint density at radius 2 is 2.15 bits per heavy atom. The largest absolute Gasteiger partial charge is 0.305 e. The number of nitrogens with one attached hydrogen (secondary N) is 2. The van der Waals surface area contributed by atoms with Crippen molar-refractivity contribution in [1.29, 1.82) is 0 Å². The number of aromatic nitrogens is 3. The number of benzene rings is 1. The van der Waals surface area contributed by atoms with Gasteiger partial charge < -0.3 is 5.32 Å². The van der Waals surface area contributed by atoms with E-state index < -0.39 is 0 Å². The summed E-state index contributed by atoms with van der Waals surface area (Å²) in [5.41, 5.74) is 4.37. The van der Waals surface area contributed by atoms with Gasteiger partial charge in [-0.25, -0.2) is 4.98 Å². The fraction of sp³-hybridized carbons (Fsp3) is 0.105. The highest BCUT2D eigenvalue weighted by Crippen LogP contribution is 2.29. The third-order valence-electron chi connectivity index (χ3n) is 3.82. The zero-order valence-corrected chi connectivity index (χ0v) is 16.9. The maximum atomic E-state index is 12.8. The molecule has 0 atom stereocenters. The molecule has 0 bridgehead atoms. The molecule has 5 nitrogen and oxygen atoms in total.